The predicted molar refractivity (Wildman–Crippen MR) is 134 cm³/mol. The molecule has 0 bridgehead atoms. The molecule has 246 valence electrons. The third-order valence-corrected chi connectivity index (χ3v) is 6.67. The van der Waals surface area contributed by atoms with E-state index in [1.165, 1.54) is 29.6 Å². The lowest BCUT2D eigenvalue weighted by atomic mass is 9.70. The van der Waals surface area contributed by atoms with Crippen LogP contribution in [0.2, 0.25) is 0 Å². The number of nitrogens with one attached hydrogen (secondary N) is 2. The van der Waals surface area contributed by atoms with E-state index in [2.05, 4.69) is 4.74 Å². The second-order valence-corrected chi connectivity index (χ2v) is 9.78. The fraction of sp³-hybridized carbons (Fsp3) is 0.321. The highest BCUT2D eigenvalue weighted by molar-refractivity contribution is 5.74. The highest BCUT2D eigenvalue weighted by Gasteiger charge is 2.70. The normalized spacial score (nSPS) is 14.2. The minimum atomic E-state index is -6.26. The Morgan fingerprint density at radius 3 is 1.82 bits per heavy atom. The molecule has 1 atom stereocenters. The molecule has 0 radical (unpaired) electrons. The van der Waals surface area contributed by atoms with Crippen LogP contribution >= 0.6 is 0 Å². The van der Waals surface area contributed by atoms with Crippen LogP contribution in [0.5, 0.6) is 5.75 Å². The third kappa shape index (κ3) is 8.12. The summed E-state index contributed by atoms with van der Waals surface area (Å²) in [6.07, 6.45) is -22.3. The second-order valence-electron chi connectivity index (χ2n) is 9.78. The number of hydrogen-bond acceptors (Lipinski definition) is 3. The Morgan fingerprint density at radius 2 is 1.29 bits per heavy atom. The summed E-state index contributed by atoms with van der Waals surface area (Å²) < 4.78 is 164. The summed E-state index contributed by atoms with van der Waals surface area (Å²) in [5.41, 5.74) is -7.21. The molecular weight excluding hydrogens is 640 g/mol. The zero-order chi connectivity index (χ0) is 33.8. The number of urea groups is 1. The molecule has 2 amide bonds. The van der Waals surface area contributed by atoms with Crippen molar-refractivity contribution in [1.29, 1.82) is 0 Å². The van der Waals surface area contributed by atoms with Gasteiger partial charge in [-0.2, -0.15) is 43.9 Å². The number of alkyl halides is 10. The molecule has 3 rings (SSSR count). The van der Waals surface area contributed by atoms with Gasteiger partial charge in [-0.3, -0.25) is 0 Å². The Kier molecular flexibility index (Phi) is 10.3. The fourth-order valence-electron chi connectivity index (χ4n) is 4.31. The van der Waals surface area contributed by atoms with Crippen molar-refractivity contribution in [3.8, 4) is 5.75 Å². The van der Waals surface area contributed by atoms with Crippen molar-refractivity contribution in [3.63, 3.8) is 0 Å². The molecule has 0 saturated carbocycles. The van der Waals surface area contributed by atoms with Gasteiger partial charge in [-0.15, -0.1) is 0 Å². The first-order valence-corrected chi connectivity index (χ1v) is 12.5. The predicted octanol–water partition coefficient (Wildman–Crippen LogP) is 6.89. The molecule has 0 spiro atoms. The molecule has 0 saturated heterocycles. The van der Waals surface area contributed by atoms with E-state index in [1.54, 1.807) is 6.07 Å². The van der Waals surface area contributed by atoms with Gasteiger partial charge in [0.25, 0.3) is 5.60 Å². The molecule has 0 heterocycles. The van der Waals surface area contributed by atoms with Gasteiger partial charge in [0.05, 0.1) is 6.54 Å². The highest BCUT2D eigenvalue weighted by atomic mass is 19.4. The largest absolute Gasteiger partial charge is 0.461 e. The molecule has 17 heteroatoms. The van der Waals surface area contributed by atoms with E-state index in [9.17, 15) is 62.6 Å². The van der Waals surface area contributed by atoms with E-state index >= 15 is 0 Å². The van der Waals surface area contributed by atoms with Gasteiger partial charge >= 0.3 is 30.9 Å². The second kappa shape index (κ2) is 13.1. The minimum Gasteiger partial charge on any atom is -0.428 e. The lowest BCUT2D eigenvalue weighted by Crippen LogP contribution is -2.63. The smallest absolute Gasteiger partial charge is 0.428 e. The van der Waals surface area contributed by atoms with Crippen molar-refractivity contribution in [2.45, 2.75) is 42.3 Å². The summed E-state index contributed by atoms with van der Waals surface area (Å²) in [6, 6.07) is 11.8. The Labute approximate surface area is 246 Å². The third-order valence-electron chi connectivity index (χ3n) is 6.67. The number of carbonyl (C=O) groups excluding carboxylic acids is 1. The molecule has 0 aliphatic carbocycles. The Balaban J connectivity index is 2.12. The van der Waals surface area contributed by atoms with Crippen molar-refractivity contribution in [1.82, 2.24) is 10.6 Å². The maximum absolute atomic E-state index is 14.8. The van der Waals surface area contributed by atoms with Crippen molar-refractivity contribution >= 4 is 6.03 Å². The summed E-state index contributed by atoms with van der Waals surface area (Å²) in [5, 5.41) is 12.6. The van der Waals surface area contributed by atoms with Gasteiger partial charge in [0.2, 0.25) is 0 Å². The summed E-state index contributed by atoms with van der Waals surface area (Å²) in [5.74, 6) is -3.21. The number of benzene rings is 3. The van der Waals surface area contributed by atoms with Gasteiger partial charge in [0, 0.05) is 18.0 Å². The minimum absolute atomic E-state index is 0.00677. The number of amides is 2. The molecule has 0 unspecified atom stereocenters. The summed E-state index contributed by atoms with van der Waals surface area (Å²) in [4.78, 5) is 12.5. The Bertz CT molecular complexity index is 1430. The Hall–Kier alpha value is -4.15. The lowest BCUT2D eigenvalue weighted by Gasteiger charge is -2.36. The Morgan fingerprint density at radius 1 is 0.733 bits per heavy atom. The number of hydrogen-bond donors (Lipinski definition) is 3. The number of aliphatic hydroxyl groups is 1. The maximum Gasteiger partial charge on any atom is 0.461 e. The number of ether oxygens (including phenoxy) is 1. The first-order valence-electron chi connectivity index (χ1n) is 12.5. The lowest BCUT2D eigenvalue weighted by molar-refractivity contribution is -0.364. The topological polar surface area (TPSA) is 70.6 Å². The average Bonchev–Trinajstić information content (AvgIpc) is 2.93. The maximum atomic E-state index is 14.8. The van der Waals surface area contributed by atoms with E-state index in [-0.39, 0.29) is 17.5 Å². The van der Waals surface area contributed by atoms with E-state index in [4.69, 9.17) is 0 Å². The monoisotopic (exact) mass is 662 g/mol. The van der Waals surface area contributed by atoms with Crippen LogP contribution in [0.4, 0.5) is 57.5 Å². The zero-order valence-corrected chi connectivity index (χ0v) is 22.4. The van der Waals surface area contributed by atoms with Crippen molar-refractivity contribution < 1.29 is 67.3 Å². The van der Waals surface area contributed by atoms with E-state index in [1.807, 2.05) is 5.32 Å². The van der Waals surface area contributed by atoms with E-state index in [0.29, 0.717) is 17.7 Å². The summed E-state index contributed by atoms with van der Waals surface area (Å²) in [7, 11) is 0. The molecule has 3 aromatic rings. The molecule has 3 aromatic carbocycles. The van der Waals surface area contributed by atoms with Gasteiger partial charge in [0.15, 0.2) is 0 Å². The van der Waals surface area contributed by atoms with Crippen LogP contribution < -0.4 is 15.4 Å². The van der Waals surface area contributed by atoms with Crippen LogP contribution in [0.15, 0.2) is 72.8 Å². The molecular formula is C28H22F12N2O3. The van der Waals surface area contributed by atoms with Crippen molar-refractivity contribution in [2.75, 3.05) is 13.1 Å². The van der Waals surface area contributed by atoms with Gasteiger partial charge in [-0.25, -0.2) is 13.6 Å². The molecule has 0 aliphatic rings. The number of rotatable bonds is 11. The molecule has 0 fully saturated rings. The van der Waals surface area contributed by atoms with Gasteiger partial charge in [-0.1, -0.05) is 42.5 Å². The number of carbonyl (C=O) groups is 1. The van der Waals surface area contributed by atoms with Crippen LogP contribution in [0.25, 0.3) is 0 Å². The highest BCUT2D eigenvalue weighted by Crippen LogP contribution is 2.43. The average molecular weight is 662 g/mol. The number of halogens is 12. The molecule has 0 aromatic heterocycles. The zero-order valence-electron chi connectivity index (χ0n) is 22.4. The van der Waals surface area contributed by atoms with Gasteiger partial charge in [0.1, 0.15) is 17.4 Å². The van der Waals surface area contributed by atoms with Crippen LogP contribution in [0, 0.1) is 11.6 Å². The van der Waals surface area contributed by atoms with Crippen LogP contribution in [-0.4, -0.2) is 54.7 Å². The van der Waals surface area contributed by atoms with Crippen LogP contribution in [0.1, 0.15) is 16.7 Å². The van der Waals surface area contributed by atoms with Crippen molar-refractivity contribution in [2.24, 2.45) is 0 Å². The summed E-state index contributed by atoms with van der Waals surface area (Å²) in [6.45, 7) is -3.22. The summed E-state index contributed by atoms with van der Waals surface area (Å²) >= 11 is 0. The first kappa shape index (κ1) is 35.3. The molecule has 5 nitrogen and oxygen atoms in total. The van der Waals surface area contributed by atoms with Crippen LogP contribution in [-0.2, 0) is 11.8 Å². The fourth-order valence-corrected chi connectivity index (χ4v) is 4.31. The SMILES string of the molecule is O=C(NCC(O)(C(F)(F)F)C(F)(F)F)NC[C@](Cc1ccccc1)(c1ccc(F)cc1)c1cc(F)cc(OC(F)(F)C(F)F)c1. The van der Waals surface area contributed by atoms with Crippen molar-refractivity contribution in [3.05, 3.63) is 101 Å². The quantitative estimate of drug-likeness (QED) is 0.196. The van der Waals surface area contributed by atoms with Gasteiger partial charge in [-0.05, 0) is 47.4 Å². The van der Waals surface area contributed by atoms with E-state index in [0.717, 1.165) is 30.3 Å². The molecule has 3 N–H and O–H groups in total. The first-order chi connectivity index (χ1) is 20.7. The van der Waals surface area contributed by atoms with Gasteiger partial charge < -0.3 is 20.5 Å². The molecule has 45 heavy (non-hydrogen) atoms. The van der Waals surface area contributed by atoms with Crippen LogP contribution in [0.3, 0.4) is 0 Å². The van der Waals surface area contributed by atoms with E-state index < -0.39 is 72.4 Å². The molecule has 0 aliphatic heterocycles. The standard InChI is InChI=1S/C28H22F12N2O3/c29-19-8-6-17(7-9-19)24(13-16-4-2-1-3-5-16,18-10-20(30)12-21(11-18)45-26(33,34)22(31)32)14-41-23(43)42-15-25(44,27(35,36)37)28(38,39)40/h1-12,22,44H,13-15H2,(H2,41,42,43)/t24-/m1/s1.